The molecule has 0 unspecified atom stereocenters. The molecule has 0 radical (unpaired) electrons. The number of halogens is 1. The lowest BCUT2D eigenvalue weighted by Crippen LogP contribution is -2.20. The van der Waals surface area contributed by atoms with Crippen LogP contribution in [0.5, 0.6) is 0 Å². The van der Waals surface area contributed by atoms with Gasteiger partial charge in [0.1, 0.15) is 5.82 Å². The van der Waals surface area contributed by atoms with E-state index < -0.39 is 0 Å². The summed E-state index contributed by atoms with van der Waals surface area (Å²) in [6.07, 6.45) is 2.44. The normalized spacial score (nSPS) is 15.5. The molecule has 1 heterocycles. The molecule has 2 aromatic rings. The highest BCUT2D eigenvalue weighted by atomic mass is 32.1. The molecule has 0 saturated heterocycles. The fraction of sp³-hybridized carbons (Fsp3) is 0.429. The molecule has 1 N–H and O–H groups in total. The van der Waals surface area contributed by atoms with E-state index in [1.165, 1.54) is 36.5 Å². The second kappa shape index (κ2) is 4.56. The number of nitrogens with zero attached hydrogens (tertiary/aromatic N) is 2. The molecular formula is C14H16FN3S. The van der Waals surface area contributed by atoms with Gasteiger partial charge in [0.25, 0.3) is 0 Å². The average Bonchev–Trinajstić information content (AvgIpc) is 3.05. The maximum Gasteiger partial charge on any atom is 0.202 e. The van der Waals surface area contributed by atoms with Crippen LogP contribution in [0.4, 0.5) is 9.52 Å². The van der Waals surface area contributed by atoms with Crippen LogP contribution in [0.3, 0.4) is 0 Å². The van der Waals surface area contributed by atoms with Gasteiger partial charge in [0, 0.05) is 17.6 Å². The van der Waals surface area contributed by atoms with Crippen LogP contribution in [0.15, 0.2) is 24.3 Å². The second-order valence-electron chi connectivity index (χ2n) is 5.47. The van der Waals surface area contributed by atoms with Crippen LogP contribution < -0.4 is 5.32 Å². The van der Waals surface area contributed by atoms with Gasteiger partial charge in [-0.25, -0.2) is 9.37 Å². The zero-order chi connectivity index (χ0) is 13.5. The number of anilines is 1. The zero-order valence-electron chi connectivity index (χ0n) is 11.0. The predicted octanol–water partition coefficient (Wildman–Crippen LogP) is 3.58. The van der Waals surface area contributed by atoms with Gasteiger partial charge in [-0.2, -0.15) is 4.37 Å². The number of benzene rings is 1. The molecule has 5 heteroatoms. The van der Waals surface area contributed by atoms with E-state index in [9.17, 15) is 4.39 Å². The zero-order valence-corrected chi connectivity index (χ0v) is 11.8. The summed E-state index contributed by atoms with van der Waals surface area (Å²) in [5.74, 6) is 0.564. The Hall–Kier alpha value is -1.49. The van der Waals surface area contributed by atoms with Gasteiger partial charge >= 0.3 is 0 Å². The fourth-order valence-corrected chi connectivity index (χ4v) is 2.72. The third-order valence-electron chi connectivity index (χ3n) is 3.46. The minimum absolute atomic E-state index is 0.220. The van der Waals surface area contributed by atoms with E-state index >= 15 is 0 Å². The summed E-state index contributed by atoms with van der Waals surface area (Å²) < 4.78 is 17.4. The largest absolute Gasteiger partial charge is 0.358 e. The minimum Gasteiger partial charge on any atom is -0.358 e. The van der Waals surface area contributed by atoms with E-state index in [0.717, 1.165) is 16.5 Å². The van der Waals surface area contributed by atoms with Crippen LogP contribution in [-0.2, 0) is 5.41 Å². The number of hydrogen-bond acceptors (Lipinski definition) is 4. The Morgan fingerprint density at radius 1 is 1.26 bits per heavy atom. The highest BCUT2D eigenvalue weighted by Crippen LogP contribution is 2.32. The van der Waals surface area contributed by atoms with Gasteiger partial charge < -0.3 is 5.32 Å². The van der Waals surface area contributed by atoms with Crippen molar-refractivity contribution in [3.8, 4) is 0 Å². The Morgan fingerprint density at radius 2 is 1.95 bits per heavy atom. The van der Waals surface area contributed by atoms with Crippen molar-refractivity contribution in [3.05, 3.63) is 41.5 Å². The van der Waals surface area contributed by atoms with Gasteiger partial charge in [-0.05, 0) is 44.4 Å². The van der Waals surface area contributed by atoms with Crippen molar-refractivity contribution in [2.45, 2.75) is 38.1 Å². The Kier molecular flexibility index (Phi) is 3.01. The first-order valence-corrected chi connectivity index (χ1v) is 7.20. The average molecular weight is 277 g/mol. The molecule has 0 aliphatic heterocycles. The summed E-state index contributed by atoms with van der Waals surface area (Å²) in [6, 6.07) is 7.13. The Bertz CT molecular complexity index is 573. The standard InChI is InChI=1S/C14H16FN3S/c1-14(2,9-3-5-10(15)6-4-9)12-17-13(19-18-12)16-11-7-8-11/h3-6,11H,7-8H2,1-2H3,(H,16,17,18). The number of rotatable bonds is 4. The lowest BCUT2D eigenvalue weighted by Gasteiger charge is -2.21. The summed E-state index contributed by atoms with van der Waals surface area (Å²) in [5.41, 5.74) is 0.706. The Morgan fingerprint density at radius 3 is 2.58 bits per heavy atom. The van der Waals surface area contributed by atoms with Crippen molar-refractivity contribution >= 4 is 16.7 Å². The predicted molar refractivity (Wildman–Crippen MR) is 75.1 cm³/mol. The number of aromatic nitrogens is 2. The lowest BCUT2D eigenvalue weighted by molar-refractivity contribution is 0.592. The van der Waals surface area contributed by atoms with Gasteiger partial charge in [-0.1, -0.05) is 12.1 Å². The van der Waals surface area contributed by atoms with E-state index in [-0.39, 0.29) is 11.2 Å². The first-order chi connectivity index (χ1) is 9.05. The van der Waals surface area contributed by atoms with Crippen LogP contribution >= 0.6 is 11.5 Å². The fourth-order valence-electron chi connectivity index (χ4n) is 1.93. The first-order valence-electron chi connectivity index (χ1n) is 6.42. The van der Waals surface area contributed by atoms with Crippen molar-refractivity contribution in [3.63, 3.8) is 0 Å². The quantitative estimate of drug-likeness (QED) is 0.928. The lowest BCUT2D eigenvalue weighted by atomic mass is 9.84. The van der Waals surface area contributed by atoms with E-state index in [4.69, 9.17) is 0 Å². The SMILES string of the molecule is CC(C)(c1ccc(F)cc1)c1nsc(NC2CC2)n1. The van der Waals surface area contributed by atoms with Crippen molar-refractivity contribution in [1.82, 2.24) is 9.36 Å². The molecule has 19 heavy (non-hydrogen) atoms. The summed E-state index contributed by atoms with van der Waals surface area (Å²) >= 11 is 1.40. The summed E-state index contributed by atoms with van der Waals surface area (Å²) in [6.45, 7) is 4.12. The van der Waals surface area contributed by atoms with Crippen LogP contribution in [0.1, 0.15) is 38.1 Å². The van der Waals surface area contributed by atoms with Crippen LogP contribution in [0.2, 0.25) is 0 Å². The topological polar surface area (TPSA) is 37.8 Å². The molecule has 3 nitrogen and oxygen atoms in total. The summed E-state index contributed by atoms with van der Waals surface area (Å²) in [4.78, 5) is 4.56. The molecule has 1 aliphatic rings. The van der Waals surface area contributed by atoms with E-state index in [1.54, 1.807) is 12.1 Å². The molecule has 100 valence electrons. The van der Waals surface area contributed by atoms with Crippen LogP contribution in [0.25, 0.3) is 0 Å². The molecule has 1 aliphatic carbocycles. The van der Waals surface area contributed by atoms with Gasteiger partial charge in [0.05, 0.1) is 5.41 Å². The van der Waals surface area contributed by atoms with Gasteiger partial charge in [-0.3, -0.25) is 0 Å². The Balaban J connectivity index is 1.85. The van der Waals surface area contributed by atoms with Crippen molar-refractivity contribution in [2.75, 3.05) is 5.32 Å². The molecule has 0 bridgehead atoms. The van der Waals surface area contributed by atoms with Gasteiger partial charge in [-0.15, -0.1) is 0 Å². The maximum absolute atomic E-state index is 13.0. The monoisotopic (exact) mass is 277 g/mol. The summed E-state index contributed by atoms with van der Waals surface area (Å²) in [7, 11) is 0. The molecular weight excluding hydrogens is 261 g/mol. The number of nitrogens with one attached hydrogen (secondary N) is 1. The van der Waals surface area contributed by atoms with Crippen molar-refractivity contribution < 1.29 is 4.39 Å². The molecule has 1 aromatic heterocycles. The highest BCUT2D eigenvalue weighted by molar-refractivity contribution is 7.09. The summed E-state index contributed by atoms with van der Waals surface area (Å²) in [5, 5.41) is 4.24. The first kappa shape index (κ1) is 12.5. The molecule has 0 amide bonds. The third kappa shape index (κ3) is 2.61. The minimum atomic E-state index is -0.312. The van der Waals surface area contributed by atoms with Crippen molar-refractivity contribution in [1.29, 1.82) is 0 Å². The molecule has 3 rings (SSSR count). The van der Waals surface area contributed by atoms with Gasteiger partial charge in [0.15, 0.2) is 5.82 Å². The Labute approximate surface area is 116 Å². The molecule has 1 fully saturated rings. The number of hydrogen-bond donors (Lipinski definition) is 1. The van der Waals surface area contributed by atoms with Gasteiger partial charge in [0.2, 0.25) is 5.13 Å². The second-order valence-corrected chi connectivity index (χ2v) is 6.23. The smallest absolute Gasteiger partial charge is 0.202 e. The molecule has 1 aromatic carbocycles. The molecule has 0 spiro atoms. The van der Waals surface area contributed by atoms with Crippen LogP contribution in [-0.4, -0.2) is 15.4 Å². The molecule has 1 saturated carbocycles. The van der Waals surface area contributed by atoms with E-state index in [2.05, 4.69) is 28.5 Å². The highest BCUT2D eigenvalue weighted by Gasteiger charge is 2.29. The van der Waals surface area contributed by atoms with E-state index in [0.29, 0.717) is 6.04 Å². The van der Waals surface area contributed by atoms with Crippen LogP contribution in [0, 0.1) is 5.82 Å². The van der Waals surface area contributed by atoms with E-state index in [1.807, 2.05) is 0 Å². The maximum atomic E-state index is 13.0. The van der Waals surface area contributed by atoms with Crippen molar-refractivity contribution in [2.24, 2.45) is 0 Å². The molecule has 0 atom stereocenters. The third-order valence-corrected chi connectivity index (χ3v) is 4.10.